The summed E-state index contributed by atoms with van der Waals surface area (Å²) in [6.45, 7) is 1.62. The molecule has 8 nitrogen and oxygen atoms in total. The number of hydrogen-bond acceptors (Lipinski definition) is 5. The smallest absolute Gasteiger partial charge is 0.264 e. The molecule has 0 radical (unpaired) electrons. The molecular formula is C38H43N3O5S. The summed E-state index contributed by atoms with van der Waals surface area (Å²) in [4.78, 5) is 30.5. The van der Waals surface area contributed by atoms with Crippen LogP contribution in [0.5, 0.6) is 5.75 Å². The highest BCUT2D eigenvalue weighted by atomic mass is 32.2. The predicted octanol–water partition coefficient (Wildman–Crippen LogP) is 6.29. The van der Waals surface area contributed by atoms with E-state index in [4.69, 9.17) is 4.74 Å². The molecule has 0 bridgehead atoms. The number of ether oxygens (including phenoxy) is 1. The van der Waals surface area contributed by atoms with Crippen LogP contribution in [0.15, 0.2) is 114 Å². The number of anilines is 1. The molecular weight excluding hydrogens is 611 g/mol. The third kappa shape index (κ3) is 8.80. The topological polar surface area (TPSA) is 96.0 Å². The SMILES string of the molecule is COc1ccc(N(CC(=O)N(Cc2ccc(C)cc2)[C@@H](Cc2ccccc2)C(=O)NC2CCCCC2)S(=O)(=O)c2ccccc2)cc1. The Morgan fingerprint density at radius 3 is 2.04 bits per heavy atom. The maximum Gasteiger partial charge on any atom is 0.264 e. The molecule has 1 atom stereocenters. The zero-order chi connectivity index (χ0) is 33.2. The molecule has 0 unspecified atom stereocenters. The number of sulfonamides is 1. The summed E-state index contributed by atoms with van der Waals surface area (Å²) in [7, 11) is -2.63. The van der Waals surface area contributed by atoms with Crippen molar-refractivity contribution in [3.63, 3.8) is 0 Å². The van der Waals surface area contributed by atoms with Crippen molar-refractivity contribution in [1.29, 1.82) is 0 Å². The Labute approximate surface area is 278 Å². The fourth-order valence-corrected chi connectivity index (χ4v) is 7.42. The number of carbonyl (C=O) groups is 2. The first-order valence-corrected chi connectivity index (χ1v) is 17.6. The van der Waals surface area contributed by atoms with E-state index in [1.54, 1.807) is 47.4 Å². The number of nitrogens with one attached hydrogen (secondary N) is 1. The van der Waals surface area contributed by atoms with Crippen molar-refractivity contribution in [1.82, 2.24) is 10.2 Å². The summed E-state index contributed by atoms with van der Waals surface area (Å²) in [5.41, 5.74) is 3.13. The van der Waals surface area contributed by atoms with Gasteiger partial charge in [-0.15, -0.1) is 0 Å². The molecule has 0 aromatic heterocycles. The second-order valence-electron chi connectivity index (χ2n) is 12.1. The summed E-state index contributed by atoms with van der Waals surface area (Å²) in [5.74, 6) is -0.163. The Hall–Kier alpha value is -4.63. The number of carbonyl (C=O) groups excluding carboxylic acids is 2. The van der Waals surface area contributed by atoms with E-state index in [0.717, 1.165) is 53.1 Å². The molecule has 9 heteroatoms. The third-order valence-corrected chi connectivity index (χ3v) is 10.5. The van der Waals surface area contributed by atoms with Crippen molar-refractivity contribution < 1.29 is 22.7 Å². The number of aryl methyl sites for hydroxylation is 1. The van der Waals surface area contributed by atoms with Crippen molar-refractivity contribution in [2.24, 2.45) is 0 Å². The van der Waals surface area contributed by atoms with Gasteiger partial charge in [-0.25, -0.2) is 8.42 Å². The first-order chi connectivity index (χ1) is 22.7. The lowest BCUT2D eigenvalue weighted by Gasteiger charge is -2.35. The zero-order valence-corrected chi connectivity index (χ0v) is 27.9. The zero-order valence-electron chi connectivity index (χ0n) is 27.0. The van der Waals surface area contributed by atoms with Gasteiger partial charge in [0.25, 0.3) is 10.0 Å². The van der Waals surface area contributed by atoms with Crippen LogP contribution in [0.1, 0.15) is 48.8 Å². The lowest BCUT2D eigenvalue weighted by molar-refractivity contribution is -0.140. The molecule has 0 saturated heterocycles. The first-order valence-electron chi connectivity index (χ1n) is 16.2. The van der Waals surface area contributed by atoms with E-state index in [0.29, 0.717) is 11.4 Å². The van der Waals surface area contributed by atoms with Crippen LogP contribution in [-0.4, -0.2) is 50.9 Å². The fourth-order valence-electron chi connectivity index (χ4n) is 5.99. The molecule has 1 N–H and O–H groups in total. The van der Waals surface area contributed by atoms with Gasteiger partial charge >= 0.3 is 0 Å². The van der Waals surface area contributed by atoms with Crippen LogP contribution in [-0.2, 0) is 32.6 Å². The van der Waals surface area contributed by atoms with E-state index in [-0.39, 0.29) is 29.8 Å². The minimum Gasteiger partial charge on any atom is -0.497 e. The first kappa shape index (κ1) is 33.7. The standard InChI is InChI=1S/C38H43N3O5S/c1-29-18-20-31(21-19-29)27-40(36(26-30-12-6-3-7-13-30)38(43)39-32-14-8-4-9-15-32)37(42)28-41(33-22-24-34(46-2)25-23-33)47(44,45)35-16-10-5-11-17-35/h3,5-7,10-13,16-25,32,36H,4,8-9,14-15,26-28H2,1-2H3,(H,39,43)/t36-/m0/s1. The molecule has 1 fully saturated rings. The summed E-state index contributed by atoms with van der Waals surface area (Å²) in [6, 6.07) is 31.2. The van der Waals surface area contributed by atoms with Gasteiger partial charge in [0.2, 0.25) is 11.8 Å². The number of benzene rings is 4. The highest BCUT2D eigenvalue weighted by Crippen LogP contribution is 2.27. The van der Waals surface area contributed by atoms with Gasteiger partial charge in [-0.2, -0.15) is 0 Å². The second kappa shape index (κ2) is 15.8. The number of rotatable bonds is 13. The number of hydrogen-bond donors (Lipinski definition) is 1. The molecule has 4 aromatic rings. The molecule has 0 aliphatic heterocycles. The van der Waals surface area contributed by atoms with Crippen LogP contribution in [0.3, 0.4) is 0 Å². The highest BCUT2D eigenvalue weighted by Gasteiger charge is 2.35. The highest BCUT2D eigenvalue weighted by molar-refractivity contribution is 7.92. The Morgan fingerprint density at radius 2 is 1.43 bits per heavy atom. The summed E-state index contributed by atoms with van der Waals surface area (Å²) >= 11 is 0. The van der Waals surface area contributed by atoms with Crippen LogP contribution in [0, 0.1) is 6.92 Å². The van der Waals surface area contributed by atoms with Crippen molar-refractivity contribution in [3.05, 3.63) is 126 Å². The fraction of sp³-hybridized carbons (Fsp3) is 0.316. The Kier molecular flexibility index (Phi) is 11.3. The van der Waals surface area contributed by atoms with Gasteiger partial charge in [-0.05, 0) is 67.3 Å². The quantitative estimate of drug-likeness (QED) is 0.183. The van der Waals surface area contributed by atoms with E-state index in [1.165, 1.54) is 19.2 Å². The third-order valence-electron chi connectivity index (χ3n) is 8.67. The number of methoxy groups -OCH3 is 1. The Bertz CT molecular complexity index is 1710. The van der Waals surface area contributed by atoms with E-state index in [9.17, 15) is 18.0 Å². The van der Waals surface area contributed by atoms with Crippen molar-refractivity contribution >= 4 is 27.5 Å². The van der Waals surface area contributed by atoms with Crippen LogP contribution in [0.2, 0.25) is 0 Å². The van der Waals surface area contributed by atoms with Gasteiger partial charge in [-0.3, -0.25) is 13.9 Å². The van der Waals surface area contributed by atoms with Crippen LogP contribution >= 0.6 is 0 Å². The van der Waals surface area contributed by atoms with E-state index >= 15 is 0 Å². The largest absolute Gasteiger partial charge is 0.497 e. The van der Waals surface area contributed by atoms with E-state index in [2.05, 4.69) is 5.32 Å². The van der Waals surface area contributed by atoms with Gasteiger partial charge < -0.3 is 15.0 Å². The van der Waals surface area contributed by atoms with Gasteiger partial charge in [-0.1, -0.05) is 97.6 Å². The summed E-state index contributed by atoms with van der Waals surface area (Å²) in [5, 5.41) is 3.24. The van der Waals surface area contributed by atoms with Crippen molar-refractivity contribution in [3.8, 4) is 5.75 Å². The summed E-state index contributed by atoms with van der Waals surface area (Å²) in [6.07, 6.45) is 5.33. The van der Waals surface area contributed by atoms with E-state index in [1.807, 2.05) is 61.5 Å². The number of nitrogens with zero attached hydrogens (tertiary/aromatic N) is 2. The molecule has 5 rings (SSSR count). The normalized spacial score (nSPS) is 14.2. The van der Waals surface area contributed by atoms with Crippen LogP contribution in [0.4, 0.5) is 5.69 Å². The monoisotopic (exact) mass is 653 g/mol. The van der Waals surface area contributed by atoms with Gasteiger partial charge in [0.05, 0.1) is 17.7 Å². The molecule has 1 saturated carbocycles. The molecule has 1 aliphatic rings. The second-order valence-corrected chi connectivity index (χ2v) is 13.9. The Balaban J connectivity index is 1.55. The average Bonchev–Trinajstić information content (AvgIpc) is 3.10. The van der Waals surface area contributed by atoms with Gasteiger partial charge in [0.15, 0.2) is 0 Å². The molecule has 47 heavy (non-hydrogen) atoms. The van der Waals surface area contributed by atoms with Crippen LogP contribution < -0.4 is 14.4 Å². The molecule has 0 spiro atoms. The van der Waals surface area contributed by atoms with Gasteiger partial charge in [0, 0.05) is 19.0 Å². The van der Waals surface area contributed by atoms with Crippen LogP contribution in [0.25, 0.3) is 0 Å². The average molecular weight is 654 g/mol. The van der Waals surface area contributed by atoms with E-state index < -0.39 is 28.5 Å². The maximum absolute atomic E-state index is 14.6. The number of amides is 2. The minimum atomic E-state index is -4.16. The molecule has 0 heterocycles. The lowest BCUT2D eigenvalue weighted by Crippen LogP contribution is -2.55. The Morgan fingerprint density at radius 1 is 0.809 bits per heavy atom. The molecule has 246 valence electrons. The predicted molar refractivity (Wildman–Crippen MR) is 185 cm³/mol. The minimum absolute atomic E-state index is 0.0418. The van der Waals surface area contributed by atoms with Gasteiger partial charge in [0.1, 0.15) is 18.3 Å². The summed E-state index contributed by atoms with van der Waals surface area (Å²) < 4.78 is 34.7. The molecule has 1 aliphatic carbocycles. The lowest BCUT2D eigenvalue weighted by atomic mass is 9.94. The van der Waals surface area contributed by atoms with Crippen molar-refractivity contribution in [2.75, 3.05) is 18.0 Å². The van der Waals surface area contributed by atoms with Crippen molar-refractivity contribution in [2.45, 2.75) is 69.0 Å². The molecule has 4 aromatic carbocycles. The molecule has 2 amide bonds. The maximum atomic E-state index is 14.6.